The van der Waals surface area contributed by atoms with Gasteiger partial charge in [0.2, 0.25) is 0 Å². The molecule has 9 heteroatoms. The number of carbonyl (C=O) groups is 2. The predicted octanol–water partition coefficient (Wildman–Crippen LogP) is 1.81. The Morgan fingerprint density at radius 2 is 1.79 bits per heavy atom. The minimum Gasteiger partial charge on any atom is -0.361 e. The van der Waals surface area contributed by atoms with E-state index in [1.165, 1.54) is 4.68 Å². The van der Waals surface area contributed by atoms with E-state index >= 15 is 0 Å². The molecule has 9 nitrogen and oxygen atoms in total. The van der Waals surface area contributed by atoms with E-state index in [1.54, 1.807) is 0 Å². The zero-order chi connectivity index (χ0) is 19.8. The smallest absolute Gasteiger partial charge is 0.325 e. The Kier molecular flexibility index (Phi) is 4.05. The number of fused-ring (bicyclic) bond motifs is 1. The fraction of sp³-hybridized carbons (Fsp3) is 0.150. The first-order valence-corrected chi connectivity index (χ1v) is 9.20. The second-order valence-corrected chi connectivity index (χ2v) is 6.83. The quantitative estimate of drug-likeness (QED) is 0.508. The predicted molar refractivity (Wildman–Crippen MR) is 104 cm³/mol. The first kappa shape index (κ1) is 17.1. The lowest BCUT2D eigenvalue weighted by atomic mass is 10.1. The third kappa shape index (κ3) is 3.02. The average Bonchev–Trinajstić information content (AvgIpc) is 3.44. The standard InChI is InChI=1S/C20H17N7O2/c28-19-17(10-13-11-21-16-9-5-4-8-15(13)16)22-20(29)26(19)12-18-23-24-25-27(18)14-6-2-1-3-7-14/h1-9,11,17,21H,10,12H2,(H,22,29)/t17-/m1/s1. The van der Waals surface area contributed by atoms with Crippen LogP contribution in [0.15, 0.2) is 60.8 Å². The van der Waals surface area contributed by atoms with E-state index in [-0.39, 0.29) is 12.5 Å². The summed E-state index contributed by atoms with van der Waals surface area (Å²) in [5, 5.41) is 15.5. The number of hydrogen-bond donors (Lipinski definition) is 2. The molecule has 3 heterocycles. The van der Waals surface area contributed by atoms with Crippen molar-refractivity contribution >= 4 is 22.8 Å². The van der Waals surface area contributed by atoms with Crippen LogP contribution < -0.4 is 5.32 Å². The van der Waals surface area contributed by atoms with E-state index in [0.717, 1.165) is 27.1 Å². The summed E-state index contributed by atoms with van der Waals surface area (Å²) in [6.07, 6.45) is 2.29. The van der Waals surface area contributed by atoms with Crippen LogP contribution >= 0.6 is 0 Å². The largest absolute Gasteiger partial charge is 0.361 e. The average molecular weight is 387 g/mol. The number of urea groups is 1. The number of benzene rings is 2. The van der Waals surface area contributed by atoms with E-state index < -0.39 is 12.1 Å². The van der Waals surface area contributed by atoms with Crippen molar-refractivity contribution in [2.45, 2.75) is 19.0 Å². The number of aromatic amines is 1. The maximum Gasteiger partial charge on any atom is 0.325 e. The summed E-state index contributed by atoms with van der Waals surface area (Å²) < 4.78 is 1.52. The van der Waals surface area contributed by atoms with Crippen LogP contribution in [0.4, 0.5) is 4.79 Å². The molecular formula is C20H17N7O2. The molecule has 3 amide bonds. The zero-order valence-corrected chi connectivity index (χ0v) is 15.3. The van der Waals surface area contributed by atoms with Crippen molar-refractivity contribution in [3.63, 3.8) is 0 Å². The number of imide groups is 1. The molecule has 2 aromatic heterocycles. The van der Waals surface area contributed by atoms with Gasteiger partial charge in [-0.2, -0.15) is 4.68 Å². The highest BCUT2D eigenvalue weighted by molar-refractivity contribution is 6.04. The molecule has 0 bridgehead atoms. The number of nitrogens with zero attached hydrogens (tertiary/aromatic N) is 5. The Labute approximate surface area is 165 Å². The minimum absolute atomic E-state index is 0.00303. The van der Waals surface area contributed by atoms with Crippen LogP contribution in [0.2, 0.25) is 0 Å². The Morgan fingerprint density at radius 1 is 1.00 bits per heavy atom. The lowest BCUT2D eigenvalue weighted by Gasteiger charge is -2.12. The van der Waals surface area contributed by atoms with Crippen molar-refractivity contribution in [1.29, 1.82) is 0 Å². The molecule has 1 fully saturated rings. The normalized spacial score (nSPS) is 16.6. The van der Waals surface area contributed by atoms with E-state index in [1.807, 2.05) is 60.8 Å². The van der Waals surface area contributed by atoms with Gasteiger partial charge in [0.1, 0.15) is 6.04 Å². The summed E-state index contributed by atoms with van der Waals surface area (Å²) >= 11 is 0. The first-order valence-electron chi connectivity index (χ1n) is 9.20. The van der Waals surface area contributed by atoms with Crippen LogP contribution in [0.3, 0.4) is 0 Å². The van der Waals surface area contributed by atoms with Crippen molar-refractivity contribution in [2.75, 3.05) is 0 Å². The maximum atomic E-state index is 12.9. The van der Waals surface area contributed by atoms with Gasteiger partial charge in [-0.15, -0.1) is 5.10 Å². The van der Waals surface area contributed by atoms with E-state index in [2.05, 4.69) is 25.8 Å². The van der Waals surface area contributed by atoms with Crippen molar-refractivity contribution in [3.8, 4) is 5.69 Å². The molecule has 0 spiro atoms. The third-order valence-corrected chi connectivity index (χ3v) is 5.04. The van der Waals surface area contributed by atoms with Crippen molar-refractivity contribution in [1.82, 2.24) is 35.4 Å². The lowest BCUT2D eigenvalue weighted by Crippen LogP contribution is -2.33. The van der Waals surface area contributed by atoms with E-state index in [9.17, 15) is 9.59 Å². The molecule has 29 heavy (non-hydrogen) atoms. The molecule has 2 aromatic carbocycles. The molecule has 0 aliphatic carbocycles. The third-order valence-electron chi connectivity index (χ3n) is 5.04. The van der Waals surface area contributed by atoms with Gasteiger partial charge in [-0.1, -0.05) is 36.4 Å². The minimum atomic E-state index is -0.622. The molecule has 144 valence electrons. The molecule has 0 unspecified atom stereocenters. The summed E-state index contributed by atoms with van der Waals surface area (Å²) in [5.41, 5.74) is 2.74. The Bertz CT molecular complexity index is 1200. The molecule has 1 aliphatic heterocycles. The number of H-pyrrole nitrogens is 1. The molecule has 1 saturated heterocycles. The van der Waals surface area contributed by atoms with Gasteiger partial charge >= 0.3 is 6.03 Å². The highest BCUT2D eigenvalue weighted by Crippen LogP contribution is 2.22. The van der Waals surface area contributed by atoms with Crippen molar-refractivity contribution in [3.05, 3.63) is 72.2 Å². The molecule has 4 aromatic rings. The maximum absolute atomic E-state index is 12.9. The Balaban J connectivity index is 1.36. The SMILES string of the molecule is O=C1N[C@H](Cc2c[nH]c3ccccc23)C(=O)N1Cc1nnnn1-c1ccccc1. The van der Waals surface area contributed by atoms with Crippen LogP contribution in [0.25, 0.3) is 16.6 Å². The summed E-state index contributed by atoms with van der Waals surface area (Å²) in [5.74, 6) is 0.121. The molecule has 1 atom stereocenters. The van der Waals surface area contributed by atoms with Gasteiger partial charge < -0.3 is 10.3 Å². The molecule has 0 radical (unpaired) electrons. The van der Waals surface area contributed by atoms with Crippen LogP contribution in [-0.2, 0) is 17.8 Å². The van der Waals surface area contributed by atoms with Gasteiger partial charge in [-0.05, 0) is 34.2 Å². The lowest BCUT2D eigenvalue weighted by molar-refractivity contribution is -0.127. The van der Waals surface area contributed by atoms with Gasteiger partial charge in [-0.25, -0.2) is 4.79 Å². The fourth-order valence-corrected chi connectivity index (χ4v) is 3.60. The highest BCUT2D eigenvalue weighted by atomic mass is 16.2. The van der Waals surface area contributed by atoms with E-state index in [0.29, 0.717) is 12.2 Å². The van der Waals surface area contributed by atoms with Crippen molar-refractivity contribution < 1.29 is 9.59 Å². The molecule has 5 rings (SSSR count). The van der Waals surface area contributed by atoms with Gasteiger partial charge in [0.25, 0.3) is 5.91 Å². The van der Waals surface area contributed by atoms with Crippen LogP contribution in [0, 0.1) is 0 Å². The fourth-order valence-electron chi connectivity index (χ4n) is 3.60. The number of hydrogen-bond acceptors (Lipinski definition) is 5. The summed E-state index contributed by atoms with van der Waals surface area (Å²) in [6.45, 7) is -0.00303. The first-order chi connectivity index (χ1) is 14.2. The Morgan fingerprint density at radius 3 is 2.66 bits per heavy atom. The zero-order valence-electron chi connectivity index (χ0n) is 15.3. The highest BCUT2D eigenvalue weighted by Gasteiger charge is 2.39. The van der Waals surface area contributed by atoms with Crippen LogP contribution in [0.5, 0.6) is 0 Å². The number of amides is 3. The van der Waals surface area contributed by atoms with E-state index in [4.69, 9.17) is 0 Å². The molecular weight excluding hydrogens is 370 g/mol. The number of carbonyl (C=O) groups excluding carboxylic acids is 2. The van der Waals surface area contributed by atoms with Gasteiger partial charge in [0, 0.05) is 23.5 Å². The summed E-state index contributed by atoms with van der Waals surface area (Å²) in [7, 11) is 0. The number of nitrogens with one attached hydrogen (secondary N) is 2. The van der Waals surface area contributed by atoms with Gasteiger partial charge in [-0.3, -0.25) is 9.69 Å². The number of aromatic nitrogens is 5. The summed E-state index contributed by atoms with van der Waals surface area (Å²) in [6, 6.07) is 16.1. The second-order valence-electron chi connectivity index (χ2n) is 6.83. The molecule has 2 N–H and O–H groups in total. The van der Waals surface area contributed by atoms with Crippen molar-refractivity contribution in [2.24, 2.45) is 0 Å². The topological polar surface area (TPSA) is 109 Å². The van der Waals surface area contributed by atoms with Crippen LogP contribution in [0.1, 0.15) is 11.4 Å². The van der Waals surface area contributed by atoms with Gasteiger partial charge in [0.05, 0.1) is 12.2 Å². The number of tetrazole rings is 1. The van der Waals surface area contributed by atoms with Gasteiger partial charge in [0.15, 0.2) is 5.82 Å². The number of para-hydroxylation sites is 2. The second kappa shape index (κ2) is 6.86. The van der Waals surface area contributed by atoms with Crippen LogP contribution in [-0.4, -0.2) is 48.1 Å². The molecule has 1 aliphatic rings. The Hall–Kier alpha value is -4.01. The number of rotatable bonds is 5. The summed E-state index contributed by atoms with van der Waals surface area (Å²) in [4.78, 5) is 29.7. The monoisotopic (exact) mass is 387 g/mol. The molecule has 0 saturated carbocycles.